The lowest BCUT2D eigenvalue weighted by Crippen LogP contribution is -1.95. The molecule has 2 nitrogen and oxygen atoms in total. The summed E-state index contributed by atoms with van der Waals surface area (Å²) in [5.41, 5.74) is 0.484. The van der Waals surface area contributed by atoms with Crippen LogP contribution in [-0.4, -0.2) is 6.61 Å². The van der Waals surface area contributed by atoms with Gasteiger partial charge >= 0.3 is 0 Å². The zero-order chi connectivity index (χ0) is 9.68. The van der Waals surface area contributed by atoms with Crippen molar-refractivity contribution >= 4 is 12.6 Å². The first-order valence-electron chi connectivity index (χ1n) is 3.58. The van der Waals surface area contributed by atoms with Gasteiger partial charge in [0.15, 0.2) is 0 Å². The molecule has 0 unspecified atom stereocenters. The highest BCUT2D eigenvalue weighted by atomic mass is 32.1. The largest absolute Gasteiger partial charge is 0.480 e. The normalized spacial score (nSPS) is 8.54. The molecule has 0 radical (unpaired) electrons. The fourth-order valence-electron chi connectivity index (χ4n) is 0.848. The van der Waals surface area contributed by atoms with E-state index in [0.717, 1.165) is 0 Å². The van der Waals surface area contributed by atoms with E-state index in [9.17, 15) is 0 Å². The zero-order valence-corrected chi connectivity index (χ0v) is 7.71. The average Bonchev–Trinajstić information content (AvgIpc) is 2.16. The van der Waals surface area contributed by atoms with Gasteiger partial charge in [-0.3, -0.25) is 0 Å². The molecular weight excluding hydrogens is 182 g/mol. The van der Waals surface area contributed by atoms with Crippen LogP contribution in [0.5, 0.6) is 5.75 Å². The van der Waals surface area contributed by atoms with E-state index in [1.54, 1.807) is 18.2 Å². The van der Waals surface area contributed by atoms with E-state index >= 15 is 0 Å². The average molecular weight is 189 g/mol. The zero-order valence-electron chi connectivity index (χ0n) is 6.82. The van der Waals surface area contributed by atoms with E-state index in [1.807, 2.05) is 6.07 Å². The summed E-state index contributed by atoms with van der Waals surface area (Å²) >= 11 is 4.15. The number of benzene rings is 1. The lowest BCUT2D eigenvalue weighted by molar-refractivity contribution is 0.361. The Labute approximate surface area is 82.6 Å². The van der Waals surface area contributed by atoms with Crippen LogP contribution in [0.4, 0.5) is 0 Å². The molecule has 0 N–H and O–H groups in total. The van der Waals surface area contributed by atoms with Crippen LogP contribution in [0, 0.1) is 23.7 Å². The minimum atomic E-state index is 0.183. The maximum absolute atomic E-state index is 8.67. The number of ether oxygens (including phenoxy) is 1. The third kappa shape index (κ3) is 2.18. The molecule has 0 atom stereocenters. The number of nitrogens with zero attached hydrogens (tertiary/aromatic N) is 1. The van der Waals surface area contributed by atoms with Crippen LogP contribution >= 0.6 is 12.6 Å². The van der Waals surface area contributed by atoms with Gasteiger partial charge in [-0.05, 0) is 12.1 Å². The van der Waals surface area contributed by atoms with Crippen LogP contribution in [0.25, 0.3) is 0 Å². The lowest BCUT2D eigenvalue weighted by atomic mass is 10.2. The maximum Gasteiger partial charge on any atom is 0.148 e. The quantitative estimate of drug-likeness (QED) is 0.569. The van der Waals surface area contributed by atoms with E-state index in [-0.39, 0.29) is 6.61 Å². The van der Waals surface area contributed by atoms with Crippen molar-refractivity contribution in [2.75, 3.05) is 6.61 Å². The predicted molar refractivity (Wildman–Crippen MR) is 52.7 cm³/mol. The predicted octanol–water partition coefficient (Wildman–Crippen LogP) is 1.86. The highest BCUT2D eigenvalue weighted by molar-refractivity contribution is 7.80. The molecule has 3 heteroatoms. The molecule has 0 aliphatic heterocycles. The first-order chi connectivity index (χ1) is 6.29. The molecule has 1 rings (SSSR count). The summed E-state index contributed by atoms with van der Waals surface area (Å²) in [6, 6.07) is 7.12. The highest BCUT2D eigenvalue weighted by Crippen LogP contribution is 2.25. The summed E-state index contributed by atoms with van der Waals surface area (Å²) < 4.78 is 5.16. The van der Waals surface area contributed by atoms with Crippen LogP contribution in [0.1, 0.15) is 5.56 Å². The topological polar surface area (TPSA) is 33.0 Å². The van der Waals surface area contributed by atoms with Crippen molar-refractivity contribution in [1.29, 1.82) is 5.26 Å². The highest BCUT2D eigenvalue weighted by Gasteiger charge is 2.03. The number of rotatable bonds is 2. The van der Waals surface area contributed by atoms with Gasteiger partial charge in [0.25, 0.3) is 0 Å². The van der Waals surface area contributed by atoms with Gasteiger partial charge in [0, 0.05) is 0 Å². The van der Waals surface area contributed by atoms with Crippen molar-refractivity contribution in [3.63, 3.8) is 0 Å². The number of terminal acetylenes is 1. The Morgan fingerprint density at radius 2 is 2.31 bits per heavy atom. The summed E-state index contributed by atoms with van der Waals surface area (Å²) in [6.07, 6.45) is 5.03. The van der Waals surface area contributed by atoms with Crippen molar-refractivity contribution in [1.82, 2.24) is 0 Å². The maximum atomic E-state index is 8.67. The van der Waals surface area contributed by atoms with Crippen molar-refractivity contribution < 1.29 is 4.74 Å². The van der Waals surface area contributed by atoms with Gasteiger partial charge in [0.05, 0.1) is 10.5 Å². The Balaban J connectivity index is 2.98. The summed E-state index contributed by atoms with van der Waals surface area (Å²) in [7, 11) is 0. The molecule has 1 aromatic rings. The molecular formula is C10H7NOS. The molecule has 0 fully saturated rings. The van der Waals surface area contributed by atoms with Gasteiger partial charge in [-0.1, -0.05) is 12.0 Å². The summed E-state index contributed by atoms with van der Waals surface area (Å²) in [5, 5.41) is 8.67. The third-order valence-electron chi connectivity index (χ3n) is 1.43. The smallest absolute Gasteiger partial charge is 0.148 e. The second-order valence-corrected chi connectivity index (χ2v) is 2.70. The molecule has 0 aliphatic rings. The number of thiol groups is 1. The van der Waals surface area contributed by atoms with E-state index in [0.29, 0.717) is 16.2 Å². The number of hydrogen-bond acceptors (Lipinski definition) is 3. The molecule has 0 heterocycles. The van der Waals surface area contributed by atoms with Crippen LogP contribution in [-0.2, 0) is 0 Å². The molecule has 0 aromatic heterocycles. The minimum Gasteiger partial charge on any atom is -0.480 e. The van der Waals surface area contributed by atoms with E-state index < -0.39 is 0 Å². The van der Waals surface area contributed by atoms with E-state index in [4.69, 9.17) is 16.4 Å². The molecule has 0 spiro atoms. The monoisotopic (exact) mass is 189 g/mol. The summed E-state index contributed by atoms with van der Waals surface area (Å²) in [5.74, 6) is 2.88. The summed E-state index contributed by atoms with van der Waals surface area (Å²) in [6.45, 7) is 0.183. The van der Waals surface area contributed by atoms with Crippen molar-refractivity contribution in [2.45, 2.75) is 4.90 Å². The van der Waals surface area contributed by atoms with Gasteiger partial charge in [0.2, 0.25) is 0 Å². The number of hydrogen-bond donors (Lipinski definition) is 1. The first kappa shape index (κ1) is 9.51. The van der Waals surface area contributed by atoms with Gasteiger partial charge in [-0.25, -0.2) is 0 Å². The van der Waals surface area contributed by atoms with Crippen molar-refractivity contribution in [3.05, 3.63) is 23.8 Å². The van der Waals surface area contributed by atoms with Crippen LogP contribution in [0.3, 0.4) is 0 Å². The molecule has 0 aliphatic carbocycles. The van der Waals surface area contributed by atoms with Gasteiger partial charge in [0.1, 0.15) is 18.4 Å². The Kier molecular flexibility index (Phi) is 3.25. The van der Waals surface area contributed by atoms with E-state index in [2.05, 4.69) is 18.5 Å². The molecule has 0 saturated heterocycles. The Bertz CT molecular complexity index is 387. The number of nitriles is 1. The fourth-order valence-corrected chi connectivity index (χ4v) is 1.11. The van der Waals surface area contributed by atoms with Crippen molar-refractivity contribution in [2.24, 2.45) is 0 Å². The Morgan fingerprint density at radius 3 is 2.92 bits per heavy atom. The molecule has 1 aromatic carbocycles. The van der Waals surface area contributed by atoms with Crippen LogP contribution in [0.2, 0.25) is 0 Å². The minimum absolute atomic E-state index is 0.183. The van der Waals surface area contributed by atoms with Gasteiger partial charge in [-0.15, -0.1) is 19.1 Å². The molecule has 0 bridgehead atoms. The second-order valence-electron chi connectivity index (χ2n) is 2.26. The SMILES string of the molecule is C#CCOc1cccc(C#N)c1S. The molecule has 0 saturated carbocycles. The van der Waals surface area contributed by atoms with Gasteiger partial charge < -0.3 is 4.74 Å². The van der Waals surface area contributed by atoms with Crippen molar-refractivity contribution in [3.8, 4) is 24.2 Å². The molecule has 13 heavy (non-hydrogen) atoms. The van der Waals surface area contributed by atoms with Crippen LogP contribution in [0.15, 0.2) is 23.1 Å². The Hall–Kier alpha value is -1.58. The standard InChI is InChI=1S/C10H7NOS/c1-2-6-12-9-5-3-4-8(7-11)10(9)13/h1,3-5,13H,6H2. The summed E-state index contributed by atoms with van der Waals surface area (Å²) in [4.78, 5) is 0.528. The Morgan fingerprint density at radius 1 is 1.54 bits per heavy atom. The van der Waals surface area contributed by atoms with E-state index in [1.165, 1.54) is 0 Å². The third-order valence-corrected chi connectivity index (χ3v) is 1.89. The lowest BCUT2D eigenvalue weighted by Gasteiger charge is -2.05. The molecule has 0 amide bonds. The second kappa shape index (κ2) is 4.45. The van der Waals surface area contributed by atoms with Crippen LogP contribution < -0.4 is 4.74 Å². The fraction of sp³-hybridized carbons (Fsp3) is 0.100. The first-order valence-corrected chi connectivity index (χ1v) is 4.02. The molecule has 64 valence electrons. The van der Waals surface area contributed by atoms with Gasteiger partial charge in [-0.2, -0.15) is 5.26 Å².